The molecule has 2 heterocycles. The monoisotopic (exact) mass is 310 g/mol. The Hall–Kier alpha value is -1.96. The number of fused-ring (bicyclic) bond motifs is 1. The number of rotatable bonds is 2. The van der Waals surface area contributed by atoms with E-state index >= 15 is 0 Å². The van der Waals surface area contributed by atoms with Crippen LogP contribution in [0, 0.1) is 16.0 Å². The highest BCUT2D eigenvalue weighted by atomic mass is 32.2. The molecule has 1 atom stereocenters. The maximum Gasteiger partial charge on any atom is 0.269 e. The molecule has 8 heteroatoms. The van der Waals surface area contributed by atoms with Gasteiger partial charge in [-0.25, -0.2) is 8.42 Å². The second-order valence-corrected chi connectivity index (χ2v) is 7.64. The topological polar surface area (TPSA) is 97.6 Å². The predicted octanol–water partition coefficient (Wildman–Crippen LogP) is 0.919. The van der Waals surface area contributed by atoms with Crippen LogP contribution in [0.5, 0.6) is 0 Å². The highest BCUT2D eigenvalue weighted by molar-refractivity contribution is 7.91. The van der Waals surface area contributed by atoms with Crippen molar-refractivity contribution in [2.75, 3.05) is 23.0 Å². The van der Waals surface area contributed by atoms with E-state index in [0.717, 1.165) is 5.56 Å². The molecule has 1 aromatic rings. The largest absolute Gasteiger partial charge is 0.312 e. The number of nitro benzene ring substituents is 1. The van der Waals surface area contributed by atoms with E-state index in [2.05, 4.69) is 0 Å². The highest BCUT2D eigenvalue weighted by Crippen LogP contribution is 2.33. The number of nitrogens with zero attached hydrogens (tertiary/aromatic N) is 2. The number of carbonyl (C=O) groups excluding carboxylic acids is 1. The van der Waals surface area contributed by atoms with E-state index in [-0.39, 0.29) is 23.1 Å². The molecule has 1 saturated heterocycles. The first-order valence-electron chi connectivity index (χ1n) is 6.66. The molecule has 1 aromatic carbocycles. The summed E-state index contributed by atoms with van der Waals surface area (Å²) in [5.41, 5.74) is 1.43. The molecule has 1 amide bonds. The second-order valence-electron chi connectivity index (χ2n) is 5.41. The van der Waals surface area contributed by atoms with Crippen LogP contribution in [-0.4, -0.2) is 37.3 Å². The molecule has 0 bridgehead atoms. The Labute approximate surface area is 121 Å². The van der Waals surface area contributed by atoms with Crippen LogP contribution in [0.3, 0.4) is 0 Å². The molecule has 1 fully saturated rings. The molecule has 0 aromatic heterocycles. The fourth-order valence-corrected chi connectivity index (χ4v) is 4.67. The maximum atomic E-state index is 12.4. The third kappa shape index (κ3) is 2.51. The summed E-state index contributed by atoms with van der Waals surface area (Å²) in [5.74, 6) is -0.713. The molecule has 0 spiro atoms. The van der Waals surface area contributed by atoms with Gasteiger partial charge in [-0.3, -0.25) is 14.9 Å². The fourth-order valence-electron chi connectivity index (χ4n) is 2.94. The number of hydrogen-bond donors (Lipinski definition) is 0. The summed E-state index contributed by atoms with van der Waals surface area (Å²) in [4.78, 5) is 24.3. The lowest BCUT2D eigenvalue weighted by molar-refractivity contribution is -0.384. The Morgan fingerprint density at radius 1 is 1.38 bits per heavy atom. The molecule has 112 valence electrons. The zero-order valence-corrected chi connectivity index (χ0v) is 12.0. The average molecular weight is 310 g/mol. The van der Waals surface area contributed by atoms with Crippen molar-refractivity contribution >= 4 is 27.1 Å². The Balaban J connectivity index is 1.84. The van der Waals surface area contributed by atoms with Crippen LogP contribution in [0.15, 0.2) is 18.2 Å². The van der Waals surface area contributed by atoms with Crippen LogP contribution in [0.1, 0.15) is 12.0 Å². The van der Waals surface area contributed by atoms with E-state index in [1.54, 1.807) is 11.0 Å². The molecule has 2 aliphatic rings. The Morgan fingerprint density at radius 2 is 2.14 bits per heavy atom. The fraction of sp³-hybridized carbons (Fsp3) is 0.462. The minimum Gasteiger partial charge on any atom is -0.312 e. The number of amides is 1. The van der Waals surface area contributed by atoms with Gasteiger partial charge in [-0.05, 0) is 24.5 Å². The quantitative estimate of drug-likeness (QED) is 0.597. The summed E-state index contributed by atoms with van der Waals surface area (Å²) in [5, 5.41) is 10.8. The predicted molar refractivity (Wildman–Crippen MR) is 75.9 cm³/mol. The van der Waals surface area contributed by atoms with Crippen molar-refractivity contribution in [3.05, 3.63) is 33.9 Å². The van der Waals surface area contributed by atoms with Crippen LogP contribution in [0.4, 0.5) is 11.4 Å². The zero-order chi connectivity index (χ0) is 15.2. The third-order valence-corrected chi connectivity index (χ3v) is 5.79. The van der Waals surface area contributed by atoms with Crippen molar-refractivity contribution in [1.82, 2.24) is 0 Å². The van der Waals surface area contributed by atoms with Gasteiger partial charge in [0.1, 0.15) is 0 Å². The Kier molecular flexibility index (Phi) is 3.20. The van der Waals surface area contributed by atoms with Gasteiger partial charge < -0.3 is 4.90 Å². The van der Waals surface area contributed by atoms with Gasteiger partial charge in [0.25, 0.3) is 5.69 Å². The zero-order valence-electron chi connectivity index (χ0n) is 11.2. The number of non-ortho nitro benzene ring substituents is 1. The van der Waals surface area contributed by atoms with Gasteiger partial charge in [0.05, 0.1) is 22.3 Å². The lowest BCUT2D eigenvalue weighted by Gasteiger charge is -2.20. The molecular weight excluding hydrogens is 296 g/mol. The molecule has 0 saturated carbocycles. The summed E-state index contributed by atoms with van der Waals surface area (Å²) in [6, 6.07) is 4.42. The first-order valence-corrected chi connectivity index (χ1v) is 8.49. The first-order chi connectivity index (χ1) is 9.87. The van der Waals surface area contributed by atoms with Gasteiger partial charge in [-0.2, -0.15) is 0 Å². The van der Waals surface area contributed by atoms with Crippen molar-refractivity contribution in [3.8, 4) is 0 Å². The minimum absolute atomic E-state index is 0.00601. The van der Waals surface area contributed by atoms with Gasteiger partial charge in [-0.15, -0.1) is 0 Å². The summed E-state index contributed by atoms with van der Waals surface area (Å²) >= 11 is 0. The van der Waals surface area contributed by atoms with E-state index in [1.165, 1.54) is 12.1 Å². The number of carbonyl (C=O) groups is 1. The molecule has 0 N–H and O–H groups in total. The summed E-state index contributed by atoms with van der Waals surface area (Å²) in [7, 11) is -3.10. The molecular formula is C13H14N2O5S. The van der Waals surface area contributed by atoms with E-state index in [4.69, 9.17) is 0 Å². The maximum absolute atomic E-state index is 12.4. The van der Waals surface area contributed by atoms with Crippen LogP contribution in [0.25, 0.3) is 0 Å². The first kappa shape index (κ1) is 14.0. The lowest BCUT2D eigenvalue weighted by Crippen LogP contribution is -2.35. The number of hydrogen-bond acceptors (Lipinski definition) is 5. The smallest absolute Gasteiger partial charge is 0.269 e. The Morgan fingerprint density at radius 3 is 2.76 bits per heavy atom. The minimum atomic E-state index is -3.10. The van der Waals surface area contributed by atoms with Crippen LogP contribution >= 0.6 is 0 Å². The van der Waals surface area contributed by atoms with Crippen LogP contribution in [-0.2, 0) is 21.1 Å². The van der Waals surface area contributed by atoms with Gasteiger partial charge in [-0.1, -0.05) is 0 Å². The van der Waals surface area contributed by atoms with Gasteiger partial charge in [0, 0.05) is 24.4 Å². The van der Waals surface area contributed by atoms with E-state index in [1.807, 2.05) is 0 Å². The SMILES string of the molecule is O=C(C1CCS(=O)(=O)C1)N1CCc2cc([N+](=O)[O-])ccc21. The standard InChI is InChI=1S/C13H14N2O5S/c16-13(10-4-6-21(19,20)8-10)14-5-3-9-7-11(15(17)18)1-2-12(9)14/h1-2,7,10H,3-6,8H2. The van der Waals surface area contributed by atoms with E-state index < -0.39 is 20.7 Å². The Bertz CT molecular complexity index is 728. The summed E-state index contributed by atoms with van der Waals surface area (Å²) in [6.45, 7) is 0.450. The highest BCUT2D eigenvalue weighted by Gasteiger charge is 2.37. The molecule has 0 radical (unpaired) electrons. The van der Waals surface area contributed by atoms with Crippen LogP contribution in [0.2, 0.25) is 0 Å². The van der Waals surface area contributed by atoms with E-state index in [0.29, 0.717) is 25.1 Å². The van der Waals surface area contributed by atoms with Crippen LogP contribution < -0.4 is 4.90 Å². The molecule has 7 nitrogen and oxygen atoms in total. The molecule has 0 aliphatic carbocycles. The summed E-state index contributed by atoms with van der Waals surface area (Å²) in [6.07, 6.45) is 0.919. The van der Waals surface area contributed by atoms with Gasteiger partial charge in [0.15, 0.2) is 9.84 Å². The van der Waals surface area contributed by atoms with Gasteiger partial charge in [0.2, 0.25) is 5.91 Å². The van der Waals surface area contributed by atoms with Gasteiger partial charge >= 0.3 is 0 Å². The second kappa shape index (κ2) is 4.80. The number of benzene rings is 1. The number of sulfone groups is 1. The average Bonchev–Trinajstić information content (AvgIpc) is 3.00. The third-order valence-electron chi connectivity index (χ3n) is 4.02. The van der Waals surface area contributed by atoms with Crippen molar-refractivity contribution in [3.63, 3.8) is 0 Å². The number of nitro groups is 1. The van der Waals surface area contributed by atoms with Crippen molar-refractivity contribution in [2.24, 2.45) is 5.92 Å². The number of anilines is 1. The molecule has 2 aliphatic heterocycles. The van der Waals surface area contributed by atoms with Crippen molar-refractivity contribution in [1.29, 1.82) is 0 Å². The van der Waals surface area contributed by atoms with Crippen molar-refractivity contribution < 1.29 is 18.1 Å². The summed E-state index contributed by atoms with van der Waals surface area (Å²) < 4.78 is 23.0. The molecule has 3 rings (SSSR count). The van der Waals surface area contributed by atoms with E-state index in [9.17, 15) is 23.3 Å². The molecule has 1 unspecified atom stereocenters. The molecule has 21 heavy (non-hydrogen) atoms. The normalized spacial score (nSPS) is 23.0. The van der Waals surface area contributed by atoms with Crippen molar-refractivity contribution in [2.45, 2.75) is 12.8 Å². The lowest BCUT2D eigenvalue weighted by atomic mass is 10.1.